The van der Waals surface area contributed by atoms with Crippen LogP contribution in [-0.2, 0) is 9.53 Å². The van der Waals surface area contributed by atoms with Crippen LogP contribution in [0, 0.1) is 16.0 Å². The van der Waals surface area contributed by atoms with E-state index in [9.17, 15) is 14.9 Å². The number of non-ortho nitro benzene ring substituents is 1. The number of nitrogens with zero attached hydrogens (tertiary/aromatic N) is 1. The van der Waals surface area contributed by atoms with Gasteiger partial charge in [0, 0.05) is 11.6 Å². The van der Waals surface area contributed by atoms with Crippen LogP contribution in [0.1, 0.15) is 32.4 Å². The summed E-state index contributed by atoms with van der Waals surface area (Å²) in [5, 5.41) is 12.5. The summed E-state index contributed by atoms with van der Waals surface area (Å²) in [6, 6.07) is 10.3. The number of rotatable bonds is 4. The number of fused-ring (bicyclic) bond motifs is 1. The summed E-state index contributed by atoms with van der Waals surface area (Å²) in [6.45, 7) is 5.23. The Kier molecular flexibility index (Phi) is 4.21. The standard InChI is InChI=1S/C16H17NO4/c1-10(2)16(18)21-11(3)13-8-4-6-12-7-5-9-14(15(12)13)17(19)20/h4-11H,1-3H3. The van der Waals surface area contributed by atoms with Gasteiger partial charge in [0.25, 0.3) is 5.69 Å². The highest BCUT2D eigenvalue weighted by Crippen LogP contribution is 2.33. The predicted octanol–water partition coefficient (Wildman–Crippen LogP) is 4.01. The molecular formula is C16H17NO4. The van der Waals surface area contributed by atoms with Gasteiger partial charge in [-0.2, -0.15) is 0 Å². The molecule has 110 valence electrons. The molecule has 0 radical (unpaired) electrons. The van der Waals surface area contributed by atoms with E-state index in [1.165, 1.54) is 6.07 Å². The lowest BCUT2D eigenvalue weighted by Gasteiger charge is -2.17. The first-order valence-corrected chi connectivity index (χ1v) is 6.78. The fourth-order valence-electron chi connectivity index (χ4n) is 2.21. The molecule has 0 spiro atoms. The zero-order chi connectivity index (χ0) is 15.6. The molecule has 0 amide bonds. The number of esters is 1. The molecule has 0 aliphatic carbocycles. The number of carbonyl (C=O) groups is 1. The van der Waals surface area contributed by atoms with E-state index in [4.69, 9.17) is 4.74 Å². The van der Waals surface area contributed by atoms with Crippen molar-refractivity contribution in [2.24, 2.45) is 5.92 Å². The largest absolute Gasteiger partial charge is 0.458 e. The Labute approximate surface area is 122 Å². The molecule has 0 aromatic heterocycles. The summed E-state index contributed by atoms with van der Waals surface area (Å²) < 4.78 is 5.38. The zero-order valence-corrected chi connectivity index (χ0v) is 12.2. The van der Waals surface area contributed by atoms with Crippen LogP contribution in [0.2, 0.25) is 0 Å². The van der Waals surface area contributed by atoms with Crippen molar-refractivity contribution < 1.29 is 14.5 Å². The Morgan fingerprint density at radius 1 is 1.14 bits per heavy atom. The van der Waals surface area contributed by atoms with Crippen molar-refractivity contribution >= 4 is 22.4 Å². The van der Waals surface area contributed by atoms with Gasteiger partial charge in [-0.1, -0.05) is 44.2 Å². The fourth-order valence-corrected chi connectivity index (χ4v) is 2.21. The first-order chi connectivity index (χ1) is 9.91. The molecule has 2 rings (SSSR count). The summed E-state index contributed by atoms with van der Waals surface area (Å²) in [7, 11) is 0. The highest BCUT2D eigenvalue weighted by Gasteiger charge is 2.21. The SMILES string of the molecule is CC(C)C(=O)OC(C)c1cccc2cccc([N+](=O)[O-])c12. The summed E-state index contributed by atoms with van der Waals surface area (Å²) in [6.07, 6.45) is -0.537. The van der Waals surface area contributed by atoms with Crippen molar-refractivity contribution in [1.82, 2.24) is 0 Å². The number of hydrogen-bond acceptors (Lipinski definition) is 4. The third-order valence-electron chi connectivity index (χ3n) is 3.31. The summed E-state index contributed by atoms with van der Waals surface area (Å²) >= 11 is 0. The molecule has 5 nitrogen and oxygen atoms in total. The monoisotopic (exact) mass is 287 g/mol. The molecule has 0 N–H and O–H groups in total. The molecule has 0 saturated heterocycles. The molecule has 5 heteroatoms. The lowest BCUT2D eigenvalue weighted by atomic mass is 9.99. The van der Waals surface area contributed by atoms with E-state index in [1.54, 1.807) is 39.0 Å². The van der Waals surface area contributed by atoms with Crippen molar-refractivity contribution in [3.05, 3.63) is 52.1 Å². The first-order valence-electron chi connectivity index (χ1n) is 6.78. The third kappa shape index (κ3) is 3.02. The molecule has 0 bridgehead atoms. The van der Waals surface area contributed by atoms with Gasteiger partial charge in [0.2, 0.25) is 0 Å². The van der Waals surface area contributed by atoms with E-state index in [1.807, 2.05) is 12.1 Å². The van der Waals surface area contributed by atoms with Gasteiger partial charge in [-0.25, -0.2) is 0 Å². The van der Waals surface area contributed by atoms with Crippen LogP contribution in [-0.4, -0.2) is 10.9 Å². The van der Waals surface area contributed by atoms with Crippen LogP contribution in [0.25, 0.3) is 10.8 Å². The van der Waals surface area contributed by atoms with Crippen LogP contribution in [0.3, 0.4) is 0 Å². The summed E-state index contributed by atoms with van der Waals surface area (Å²) in [5.41, 5.74) is 0.671. The van der Waals surface area contributed by atoms with Gasteiger partial charge >= 0.3 is 5.97 Å². The highest BCUT2D eigenvalue weighted by atomic mass is 16.6. The van der Waals surface area contributed by atoms with Gasteiger partial charge in [0.15, 0.2) is 0 Å². The second kappa shape index (κ2) is 5.91. The van der Waals surface area contributed by atoms with Gasteiger partial charge < -0.3 is 4.74 Å². The molecule has 0 saturated carbocycles. The van der Waals surface area contributed by atoms with Crippen LogP contribution in [0.4, 0.5) is 5.69 Å². The Hall–Kier alpha value is -2.43. The lowest BCUT2D eigenvalue weighted by molar-refractivity contribution is -0.383. The van der Waals surface area contributed by atoms with Crippen LogP contribution >= 0.6 is 0 Å². The summed E-state index contributed by atoms with van der Waals surface area (Å²) in [5.74, 6) is -0.560. The average Bonchev–Trinajstić information content (AvgIpc) is 2.45. The van der Waals surface area contributed by atoms with Crippen LogP contribution < -0.4 is 0 Å². The smallest absolute Gasteiger partial charge is 0.308 e. The highest BCUT2D eigenvalue weighted by molar-refractivity contribution is 5.94. The van der Waals surface area contributed by atoms with E-state index < -0.39 is 11.0 Å². The van der Waals surface area contributed by atoms with Crippen LogP contribution in [0.5, 0.6) is 0 Å². The van der Waals surface area contributed by atoms with Crippen molar-refractivity contribution in [1.29, 1.82) is 0 Å². The number of ether oxygens (including phenoxy) is 1. The Bertz CT molecular complexity index is 688. The molecular weight excluding hydrogens is 270 g/mol. The summed E-state index contributed by atoms with van der Waals surface area (Å²) in [4.78, 5) is 22.5. The molecule has 2 aromatic carbocycles. The topological polar surface area (TPSA) is 69.4 Å². The zero-order valence-electron chi connectivity index (χ0n) is 12.2. The van der Waals surface area contributed by atoms with Gasteiger partial charge in [0.05, 0.1) is 16.2 Å². The third-order valence-corrected chi connectivity index (χ3v) is 3.31. The maximum Gasteiger partial charge on any atom is 0.308 e. The molecule has 21 heavy (non-hydrogen) atoms. The molecule has 1 unspecified atom stereocenters. The normalized spacial score (nSPS) is 12.4. The van der Waals surface area contributed by atoms with Crippen molar-refractivity contribution in [3.8, 4) is 0 Å². The minimum Gasteiger partial charge on any atom is -0.458 e. The van der Waals surface area contributed by atoms with Crippen LogP contribution in [0.15, 0.2) is 36.4 Å². The van der Waals surface area contributed by atoms with E-state index >= 15 is 0 Å². The molecule has 2 aromatic rings. The number of benzene rings is 2. The Morgan fingerprint density at radius 2 is 1.76 bits per heavy atom. The first kappa shape index (κ1) is 15.0. The second-order valence-electron chi connectivity index (χ2n) is 5.21. The Morgan fingerprint density at radius 3 is 2.33 bits per heavy atom. The predicted molar refractivity (Wildman–Crippen MR) is 79.9 cm³/mol. The molecule has 0 aliphatic heterocycles. The maximum atomic E-state index is 11.7. The van der Waals surface area contributed by atoms with Gasteiger partial charge in [0.1, 0.15) is 6.10 Å². The fraction of sp³-hybridized carbons (Fsp3) is 0.312. The lowest BCUT2D eigenvalue weighted by Crippen LogP contribution is -2.14. The average molecular weight is 287 g/mol. The second-order valence-corrected chi connectivity index (χ2v) is 5.21. The molecule has 1 atom stereocenters. The quantitative estimate of drug-likeness (QED) is 0.484. The van der Waals surface area contributed by atoms with Gasteiger partial charge in [-0.15, -0.1) is 0 Å². The van der Waals surface area contributed by atoms with Gasteiger partial charge in [-0.3, -0.25) is 14.9 Å². The molecule has 0 fully saturated rings. The number of hydrogen-bond donors (Lipinski definition) is 0. The maximum absolute atomic E-state index is 11.7. The Balaban J connectivity index is 2.53. The van der Waals surface area contributed by atoms with Crippen molar-refractivity contribution in [3.63, 3.8) is 0 Å². The number of nitro benzene ring substituents is 1. The minimum atomic E-state index is -0.537. The van der Waals surface area contributed by atoms with E-state index in [-0.39, 0.29) is 17.6 Å². The van der Waals surface area contributed by atoms with E-state index in [2.05, 4.69) is 0 Å². The number of nitro groups is 1. The van der Waals surface area contributed by atoms with Crippen molar-refractivity contribution in [2.45, 2.75) is 26.9 Å². The van der Waals surface area contributed by atoms with E-state index in [0.29, 0.717) is 10.9 Å². The minimum absolute atomic E-state index is 0.0237. The van der Waals surface area contributed by atoms with E-state index in [0.717, 1.165) is 5.39 Å². The number of carbonyl (C=O) groups excluding carboxylic acids is 1. The van der Waals surface area contributed by atoms with Crippen molar-refractivity contribution in [2.75, 3.05) is 0 Å². The molecule has 0 heterocycles. The van der Waals surface area contributed by atoms with Gasteiger partial charge in [-0.05, 0) is 12.3 Å². The molecule has 0 aliphatic rings.